The Kier molecular flexibility index (Phi) is 9.74. The number of halogens is 1. The lowest BCUT2D eigenvalue weighted by Gasteiger charge is -2.18. The molecular weight excluding hydrogens is 498 g/mol. The van der Waals surface area contributed by atoms with Gasteiger partial charge in [-0.3, -0.25) is 19.7 Å². The van der Waals surface area contributed by atoms with Crippen LogP contribution in [-0.4, -0.2) is 40.6 Å². The average Bonchev–Trinajstić information content (AvgIpc) is 2.76. The van der Waals surface area contributed by atoms with Crippen LogP contribution < -0.4 is 0 Å². The van der Waals surface area contributed by atoms with Gasteiger partial charge in [-0.05, 0) is 30.2 Å². The number of carboxylic acid groups (broad SMARTS) is 1. The summed E-state index contributed by atoms with van der Waals surface area (Å²) in [5.41, 5.74) is 0.299. The molecule has 0 aliphatic carbocycles. The quantitative estimate of drug-likeness (QED) is 0.265. The van der Waals surface area contributed by atoms with Crippen LogP contribution in [0.25, 0.3) is 6.08 Å². The van der Waals surface area contributed by atoms with E-state index < -0.39 is 47.0 Å². The first-order valence-electron chi connectivity index (χ1n) is 9.95. The molecule has 0 spiro atoms. The molecular formula is C23H22BrNO8. The second-order valence-corrected chi connectivity index (χ2v) is 7.83. The molecule has 2 rings (SSSR count). The van der Waals surface area contributed by atoms with Crippen molar-refractivity contribution in [1.82, 2.24) is 0 Å². The van der Waals surface area contributed by atoms with Crippen LogP contribution in [-0.2, 0) is 23.9 Å². The molecule has 2 atom stereocenters. The van der Waals surface area contributed by atoms with Gasteiger partial charge >= 0.3 is 17.9 Å². The number of carbonyl (C=O) groups excluding carboxylic acids is 2. The predicted octanol–water partition coefficient (Wildman–Crippen LogP) is 4.19. The minimum absolute atomic E-state index is 0.0829. The fraction of sp³-hybridized carbons (Fsp3) is 0.261. The molecule has 2 aromatic rings. The molecule has 0 bridgehead atoms. The van der Waals surface area contributed by atoms with Crippen molar-refractivity contribution < 1.29 is 33.9 Å². The van der Waals surface area contributed by atoms with Crippen molar-refractivity contribution in [3.8, 4) is 0 Å². The van der Waals surface area contributed by atoms with E-state index in [4.69, 9.17) is 9.47 Å². The lowest BCUT2D eigenvalue weighted by molar-refractivity contribution is -0.432. The van der Waals surface area contributed by atoms with E-state index in [0.29, 0.717) is 15.6 Å². The number of carbonyl (C=O) groups is 3. The summed E-state index contributed by atoms with van der Waals surface area (Å²) in [5.74, 6) is -3.94. The van der Waals surface area contributed by atoms with Crippen molar-refractivity contribution in [2.45, 2.75) is 31.8 Å². The van der Waals surface area contributed by atoms with Gasteiger partial charge in [0.1, 0.15) is 0 Å². The largest absolute Gasteiger partial charge is 0.481 e. The van der Waals surface area contributed by atoms with E-state index in [0.717, 1.165) is 6.08 Å². The third-order valence-corrected chi connectivity index (χ3v) is 4.99. The van der Waals surface area contributed by atoms with E-state index in [1.165, 1.54) is 6.92 Å². The van der Waals surface area contributed by atoms with E-state index in [9.17, 15) is 29.6 Å². The van der Waals surface area contributed by atoms with Crippen molar-refractivity contribution in [1.29, 1.82) is 0 Å². The summed E-state index contributed by atoms with van der Waals surface area (Å²) < 4.78 is 10.7. The van der Waals surface area contributed by atoms with Crippen LogP contribution in [0.4, 0.5) is 0 Å². The van der Waals surface area contributed by atoms with Gasteiger partial charge in [0.25, 0.3) is 11.8 Å². The van der Waals surface area contributed by atoms with Gasteiger partial charge in [0.05, 0.1) is 24.4 Å². The monoisotopic (exact) mass is 519 g/mol. The molecule has 0 aliphatic rings. The van der Waals surface area contributed by atoms with E-state index in [1.807, 2.05) is 0 Å². The number of esters is 2. The number of ether oxygens (including phenoxy) is 2. The smallest absolute Gasteiger partial charge is 0.358 e. The Bertz CT molecular complexity index is 1040. The number of carboxylic acids is 1. The van der Waals surface area contributed by atoms with Crippen molar-refractivity contribution in [3.05, 3.63) is 86.0 Å². The van der Waals surface area contributed by atoms with Gasteiger partial charge < -0.3 is 14.6 Å². The molecule has 1 N–H and O–H groups in total. The van der Waals surface area contributed by atoms with Gasteiger partial charge in [0.15, 0.2) is 0 Å². The highest BCUT2D eigenvalue weighted by Crippen LogP contribution is 2.25. The standard InChI is InChI=1S/C23H22BrNO8/c1-2-32-23(29)22(19(25(30)31)12-15-7-6-10-18(24)11-15)33-21(28)14-17(13-20(26)27)16-8-4-3-5-9-16/h3-12,17,22H,2,13-14H2,1H3,(H,26,27)/b19-12-. The van der Waals surface area contributed by atoms with E-state index in [1.54, 1.807) is 54.6 Å². The summed E-state index contributed by atoms with van der Waals surface area (Å²) in [5, 5.41) is 21.0. The summed E-state index contributed by atoms with van der Waals surface area (Å²) in [6.07, 6.45) is -1.56. The lowest BCUT2D eigenvalue weighted by atomic mass is 9.92. The van der Waals surface area contributed by atoms with Crippen LogP contribution in [0.15, 0.2) is 64.8 Å². The number of aliphatic carboxylic acids is 1. The first-order chi connectivity index (χ1) is 15.7. The molecule has 10 heteroatoms. The fourth-order valence-electron chi connectivity index (χ4n) is 3.06. The van der Waals surface area contributed by atoms with Gasteiger partial charge in [-0.25, -0.2) is 4.79 Å². The van der Waals surface area contributed by atoms with E-state index in [2.05, 4.69) is 15.9 Å². The van der Waals surface area contributed by atoms with Crippen LogP contribution in [0, 0.1) is 10.1 Å². The summed E-state index contributed by atoms with van der Waals surface area (Å²) >= 11 is 3.27. The molecule has 0 heterocycles. The van der Waals surface area contributed by atoms with Crippen molar-refractivity contribution in [2.75, 3.05) is 6.61 Å². The molecule has 0 fully saturated rings. The van der Waals surface area contributed by atoms with Crippen LogP contribution in [0.1, 0.15) is 36.8 Å². The summed E-state index contributed by atoms with van der Waals surface area (Å²) in [4.78, 5) is 47.4. The number of hydrogen-bond donors (Lipinski definition) is 1. The molecule has 0 saturated carbocycles. The second-order valence-electron chi connectivity index (χ2n) is 6.91. The molecule has 0 saturated heterocycles. The molecule has 0 aliphatic heterocycles. The van der Waals surface area contributed by atoms with Crippen LogP contribution in [0.2, 0.25) is 0 Å². The van der Waals surface area contributed by atoms with Crippen LogP contribution in [0.5, 0.6) is 0 Å². The lowest BCUT2D eigenvalue weighted by Crippen LogP contribution is -2.34. The highest BCUT2D eigenvalue weighted by Gasteiger charge is 2.37. The SMILES string of the molecule is CCOC(=O)C(OC(=O)CC(CC(=O)O)c1ccccc1)/C(=C/c1cccc(Br)c1)[N+](=O)[O-]. The van der Waals surface area contributed by atoms with Crippen LogP contribution in [0.3, 0.4) is 0 Å². The first kappa shape index (κ1) is 25.7. The third kappa shape index (κ3) is 8.15. The number of nitrogens with zero attached hydrogens (tertiary/aromatic N) is 1. The number of nitro groups is 1. The Balaban J connectivity index is 2.34. The van der Waals surface area contributed by atoms with Crippen molar-refractivity contribution in [3.63, 3.8) is 0 Å². The Labute approximate surface area is 198 Å². The predicted molar refractivity (Wildman–Crippen MR) is 122 cm³/mol. The summed E-state index contributed by atoms with van der Waals surface area (Å²) in [6, 6.07) is 15.0. The number of benzene rings is 2. The maximum atomic E-state index is 12.7. The second kappa shape index (κ2) is 12.5. The number of rotatable bonds is 11. The molecule has 9 nitrogen and oxygen atoms in total. The first-order valence-corrected chi connectivity index (χ1v) is 10.7. The molecule has 0 amide bonds. The van der Waals surface area contributed by atoms with Crippen molar-refractivity contribution >= 4 is 39.9 Å². The maximum absolute atomic E-state index is 12.7. The van der Waals surface area contributed by atoms with E-state index >= 15 is 0 Å². The van der Waals surface area contributed by atoms with Gasteiger partial charge in [0.2, 0.25) is 0 Å². The number of hydrogen-bond acceptors (Lipinski definition) is 7. The Morgan fingerprint density at radius 2 is 1.82 bits per heavy atom. The fourth-order valence-corrected chi connectivity index (χ4v) is 3.48. The topological polar surface area (TPSA) is 133 Å². The van der Waals surface area contributed by atoms with E-state index in [-0.39, 0.29) is 13.0 Å². The van der Waals surface area contributed by atoms with Gasteiger partial charge in [0, 0.05) is 16.5 Å². The molecule has 2 aromatic carbocycles. The normalized spacial score (nSPS) is 13.0. The maximum Gasteiger partial charge on any atom is 0.358 e. The summed E-state index contributed by atoms with van der Waals surface area (Å²) in [6.45, 7) is 1.43. The molecule has 2 unspecified atom stereocenters. The molecule has 0 radical (unpaired) electrons. The Morgan fingerprint density at radius 1 is 1.12 bits per heavy atom. The highest BCUT2D eigenvalue weighted by atomic mass is 79.9. The van der Waals surface area contributed by atoms with Gasteiger partial charge in [-0.15, -0.1) is 0 Å². The Hall–Kier alpha value is -3.53. The molecule has 33 heavy (non-hydrogen) atoms. The average molecular weight is 520 g/mol. The molecule has 174 valence electrons. The zero-order valence-corrected chi connectivity index (χ0v) is 19.3. The minimum atomic E-state index is -1.92. The third-order valence-electron chi connectivity index (χ3n) is 4.50. The highest BCUT2D eigenvalue weighted by molar-refractivity contribution is 9.10. The van der Waals surface area contributed by atoms with Gasteiger partial charge in [-0.2, -0.15) is 0 Å². The molecule has 0 aromatic heterocycles. The Morgan fingerprint density at radius 3 is 2.39 bits per heavy atom. The minimum Gasteiger partial charge on any atom is -0.481 e. The zero-order valence-electron chi connectivity index (χ0n) is 17.7. The summed E-state index contributed by atoms with van der Waals surface area (Å²) in [7, 11) is 0. The van der Waals surface area contributed by atoms with Gasteiger partial charge in [-0.1, -0.05) is 58.4 Å². The zero-order chi connectivity index (χ0) is 24.4. The van der Waals surface area contributed by atoms with Crippen LogP contribution >= 0.6 is 15.9 Å². The van der Waals surface area contributed by atoms with Crippen molar-refractivity contribution in [2.24, 2.45) is 0 Å².